The molecule has 0 bridgehead atoms. The van der Waals surface area contributed by atoms with Gasteiger partial charge in [-0.1, -0.05) is 0 Å². The fourth-order valence-corrected chi connectivity index (χ4v) is 8.97. The molecule has 0 saturated heterocycles. The summed E-state index contributed by atoms with van der Waals surface area (Å²) in [4.78, 5) is 123. The maximum absolute atomic E-state index is 14.3. The highest BCUT2D eigenvalue weighted by atomic mass is 16.5. The van der Waals surface area contributed by atoms with Gasteiger partial charge in [0.1, 0.15) is 47.2 Å². The Balaban J connectivity index is 1.54. The number of nitrogens with two attached hydrogens (primary N) is 6. The quantitative estimate of drug-likeness (QED) is 0.0144. The molecule has 94 heavy (non-hydrogen) atoms. The number of hydrogen-bond acceptors (Lipinski definition) is 18. The lowest BCUT2D eigenvalue weighted by molar-refractivity contribution is -0.127. The van der Waals surface area contributed by atoms with Crippen molar-refractivity contribution in [1.82, 2.24) is 42.5 Å². The Kier molecular flexibility index (Phi) is 29.8. The van der Waals surface area contributed by atoms with Gasteiger partial charge in [0.15, 0.2) is 23.8 Å². The van der Waals surface area contributed by atoms with E-state index in [9.17, 15) is 43.2 Å². The van der Waals surface area contributed by atoms with E-state index in [0.717, 1.165) is 0 Å². The lowest BCUT2D eigenvalue weighted by Crippen LogP contribution is -2.52. The SMILES string of the molecule is COc1ccc(NC(=O)[C@@H](CCCNC(=N)N)NC(=O)c2cc(NC(=O)[C@H](C)NC(=O)[C@@H](CCCNC(=N)N)NC(=O)c3cc(NC(=O)[C@@H](CCCNC(=N)N)NC(=O)c4cc(NC(=O)[C@H](N)CCCNC(=N)N)ccc4OC)ccc3OC)ccc2OC)cc1C(N)=O. The lowest BCUT2D eigenvalue weighted by atomic mass is 10.1. The molecule has 9 amide bonds. The first-order valence-electron chi connectivity index (χ1n) is 29.2. The molecule has 35 heteroatoms. The van der Waals surface area contributed by atoms with E-state index in [1.54, 1.807) is 0 Å². The van der Waals surface area contributed by atoms with E-state index in [-0.39, 0.29) is 156 Å². The molecular weight excluding hydrogens is 1220 g/mol. The van der Waals surface area contributed by atoms with Crippen LogP contribution in [0.3, 0.4) is 0 Å². The van der Waals surface area contributed by atoms with E-state index >= 15 is 0 Å². The molecule has 0 spiro atoms. The van der Waals surface area contributed by atoms with Crippen LogP contribution >= 0.6 is 0 Å². The van der Waals surface area contributed by atoms with Gasteiger partial charge in [0.05, 0.1) is 56.7 Å². The van der Waals surface area contributed by atoms with E-state index in [4.69, 9.17) is 75.0 Å². The Morgan fingerprint density at radius 2 is 0.660 bits per heavy atom. The number of guanidine groups is 4. The normalized spacial score (nSPS) is 12.1. The molecule has 0 heterocycles. The second kappa shape index (κ2) is 37.5. The Bertz CT molecular complexity index is 3420. The van der Waals surface area contributed by atoms with Crippen molar-refractivity contribution in [3.8, 4) is 23.0 Å². The van der Waals surface area contributed by atoms with Gasteiger partial charge in [0, 0.05) is 48.9 Å². The van der Waals surface area contributed by atoms with Gasteiger partial charge in [0.25, 0.3) is 23.6 Å². The summed E-state index contributed by atoms with van der Waals surface area (Å²) in [6.07, 6.45) is 1.22. The number of ether oxygens (including phenoxy) is 4. The zero-order chi connectivity index (χ0) is 69.6. The molecule has 5 atom stereocenters. The predicted molar refractivity (Wildman–Crippen MR) is 351 cm³/mol. The highest BCUT2D eigenvalue weighted by Crippen LogP contribution is 2.28. The van der Waals surface area contributed by atoms with Crippen LogP contribution in [0.1, 0.15) is 99.7 Å². The number of primary amides is 1. The van der Waals surface area contributed by atoms with Crippen molar-refractivity contribution < 1.29 is 62.1 Å². The minimum absolute atomic E-state index is 0.00726. The van der Waals surface area contributed by atoms with Gasteiger partial charge in [0.2, 0.25) is 29.5 Å². The molecule has 4 aromatic carbocycles. The molecule has 28 N–H and O–H groups in total. The minimum Gasteiger partial charge on any atom is -0.496 e. The van der Waals surface area contributed by atoms with Crippen LogP contribution in [0, 0.1) is 21.6 Å². The fraction of sp³-hybridized carbons (Fsp3) is 0.373. The second-order valence-corrected chi connectivity index (χ2v) is 20.8. The number of carbonyl (C=O) groups is 9. The molecule has 0 aliphatic heterocycles. The van der Waals surface area contributed by atoms with Crippen molar-refractivity contribution in [3.05, 3.63) is 95.1 Å². The summed E-state index contributed by atoms with van der Waals surface area (Å²) in [5.74, 6) is -7.83. The molecular formula is C59H84N22O13. The molecule has 0 aliphatic rings. The van der Waals surface area contributed by atoms with E-state index < -0.39 is 83.4 Å². The lowest BCUT2D eigenvalue weighted by Gasteiger charge is -2.23. The smallest absolute Gasteiger partial charge is 0.255 e. The predicted octanol–water partition coefficient (Wildman–Crippen LogP) is -1.15. The van der Waals surface area contributed by atoms with Crippen LogP contribution < -0.4 is 117 Å². The average Bonchev–Trinajstić information content (AvgIpc) is 0.847. The largest absolute Gasteiger partial charge is 0.496 e. The van der Waals surface area contributed by atoms with E-state index in [1.165, 1.54) is 108 Å². The summed E-state index contributed by atoms with van der Waals surface area (Å²) in [7, 11) is 5.24. The molecule has 0 radical (unpaired) electrons. The number of amides is 9. The number of benzene rings is 4. The standard InChI is InChI=1S/C59H84N22O13/c1-30(48(83)75-32-15-19-44(92-3)36(27-32)50(85)80-41(12-8-24-72-58(66)67)54(89)77-31-14-18-43(91-2)35(26-31)47(61)82)74-53(88)40(11-7-23-71-57(64)65)79-49(84)38-29-34(17-21-46(38)94-5)78-55(90)42(13-9-25-73-59(68)69)81-51(86)37-28-33(16-20-45(37)93-4)76-52(87)39(60)10-6-22-70-56(62)63/h14-21,26-30,39-42H,6-13,22-25,60H2,1-5H3,(H2,61,82)(H,74,88)(H,75,83)(H,76,87)(H,77,89)(H,78,90)(H,79,84)(H,80,85)(H,81,86)(H4,62,63,70)(H4,64,65,71)(H4,66,67,72)(H4,68,69,73)/t30-,39+,40+,41+,42+/m0/s1. The van der Waals surface area contributed by atoms with E-state index in [2.05, 4.69) is 63.8 Å². The molecule has 4 aromatic rings. The van der Waals surface area contributed by atoms with Gasteiger partial charge in [-0.05, 0) is 131 Å². The van der Waals surface area contributed by atoms with Crippen LogP contribution in [0.5, 0.6) is 23.0 Å². The molecule has 4 rings (SSSR count). The molecule has 0 unspecified atom stereocenters. The topological polar surface area (TPSA) is 586 Å². The summed E-state index contributed by atoms with van der Waals surface area (Å²) in [5, 5.41) is 61.8. The molecule has 0 saturated carbocycles. The Morgan fingerprint density at radius 3 is 0.968 bits per heavy atom. The maximum atomic E-state index is 14.3. The summed E-state index contributed by atoms with van der Waals surface area (Å²) in [6, 6.07) is 10.5. The van der Waals surface area contributed by atoms with Crippen LogP contribution in [0.15, 0.2) is 72.8 Å². The average molecular weight is 1310 g/mol. The van der Waals surface area contributed by atoms with Crippen LogP contribution in [0.2, 0.25) is 0 Å². The Labute approximate surface area is 541 Å². The van der Waals surface area contributed by atoms with Crippen molar-refractivity contribution in [1.29, 1.82) is 21.6 Å². The molecule has 0 aliphatic carbocycles. The number of carbonyl (C=O) groups excluding carboxylic acids is 9. The Hall–Kier alpha value is -11.7. The van der Waals surface area contributed by atoms with Crippen LogP contribution in [-0.4, -0.2) is 162 Å². The highest BCUT2D eigenvalue weighted by molar-refractivity contribution is 6.07. The molecule has 508 valence electrons. The first-order valence-corrected chi connectivity index (χ1v) is 29.2. The number of nitrogens with one attached hydrogen (secondary N) is 16. The second-order valence-electron chi connectivity index (χ2n) is 20.8. The monoisotopic (exact) mass is 1310 g/mol. The fourth-order valence-electron chi connectivity index (χ4n) is 8.97. The minimum atomic E-state index is -1.36. The number of rotatable bonds is 37. The van der Waals surface area contributed by atoms with Crippen molar-refractivity contribution >= 4 is 99.8 Å². The van der Waals surface area contributed by atoms with Crippen molar-refractivity contribution in [2.75, 3.05) is 75.9 Å². The number of hydrogen-bond donors (Lipinski definition) is 22. The third kappa shape index (κ3) is 24.3. The zero-order valence-corrected chi connectivity index (χ0v) is 52.6. The van der Waals surface area contributed by atoms with Gasteiger partial charge in [-0.15, -0.1) is 0 Å². The van der Waals surface area contributed by atoms with Crippen molar-refractivity contribution in [2.24, 2.45) is 34.4 Å². The maximum Gasteiger partial charge on any atom is 0.255 e. The van der Waals surface area contributed by atoms with Gasteiger partial charge in [-0.3, -0.25) is 64.8 Å². The zero-order valence-electron chi connectivity index (χ0n) is 52.6. The van der Waals surface area contributed by atoms with Crippen LogP contribution in [-0.2, 0) is 24.0 Å². The third-order valence-corrected chi connectivity index (χ3v) is 13.8. The van der Waals surface area contributed by atoms with Gasteiger partial charge < -0.3 is 117 Å². The van der Waals surface area contributed by atoms with Gasteiger partial charge >= 0.3 is 0 Å². The van der Waals surface area contributed by atoms with E-state index in [1.807, 2.05) is 0 Å². The van der Waals surface area contributed by atoms with Crippen LogP contribution in [0.25, 0.3) is 0 Å². The first kappa shape index (κ1) is 74.8. The summed E-state index contributed by atoms with van der Waals surface area (Å²) in [6.45, 7) is 2.08. The number of anilines is 4. The summed E-state index contributed by atoms with van der Waals surface area (Å²) in [5.41, 5.74) is 33.4. The van der Waals surface area contributed by atoms with E-state index in [0.29, 0.717) is 13.0 Å². The summed E-state index contributed by atoms with van der Waals surface area (Å²) >= 11 is 0. The van der Waals surface area contributed by atoms with Crippen molar-refractivity contribution in [2.45, 2.75) is 88.5 Å². The third-order valence-electron chi connectivity index (χ3n) is 13.8. The first-order chi connectivity index (χ1) is 44.7. The number of methoxy groups -OCH3 is 4. The van der Waals surface area contributed by atoms with Crippen LogP contribution in [0.4, 0.5) is 22.7 Å². The van der Waals surface area contributed by atoms with Gasteiger partial charge in [-0.25, -0.2) is 0 Å². The highest BCUT2D eigenvalue weighted by Gasteiger charge is 2.30. The Morgan fingerprint density at radius 1 is 0.383 bits per heavy atom. The van der Waals surface area contributed by atoms with Crippen molar-refractivity contribution in [3.63, 3.8) is 0 Å². The van der Waals surface area contributed by atoms with Gasteiger partial charge in [-0.2, -0.15) is 0 Å². The molecule has 0 aromatic heterocycles. The molecule has 0 fully saturated rings. The molecule has 35 nitrogen and oxygen atoms in total. The summed E-state index contributed by atoms with van der Waals surface area (Å²) < 4.78 is 21.6.